The van der Waals surface area contributed by atoms with Crippen LogP contribution in [0.15, 0.2) is 48.5 Å². The van der Waals surface area contributed by atoms with Gasteiger partial charge in [-0.1, -0.05) is 38.5 Å². The summed E-state index contributed by atoms with van der Waals surface area (Å²) >= 11 is 0. The lowest BCUT2D eigenvalue weighted by atomic mass is 10.3. The molecule has 0 aromatic heterocycles. The van der Waals surface area contributed by atoms with Gasteiger partial charge in [-0.3, -0.25) is 0 Å². The molecule has 0 N–H and O–H groups in total. The van der Waals surface area contributed by atoms with E-state index in [1.807, 2.05) is 48.5 Å². The Kier molecular flexibility index (Phi) is 8.65. The Morgan fingerprint density at radius 3 is 0.812 bits per heavy atom. The Morgan fingerprint density at radius 1 is 0.375 bits per heavy atom. The smallest absolute Gasteiger partial charge is 0.321 e. The number of para-hydroxylation sites is 4. The summed E-state index contributed by atoms with van der Waals surface area (Å²) in [5, 5.41) is 0. The molecule has 3 rings (SSSR count). The Hall–Kier alpha value is -2.44. The molecule has 6 nitrogen and oxygen atoms in total. The molecule has 0 radical (unpaired) electrons. The van der Waals surface area contributed by atoms with Gasteiger partial charge in [0, 0.05) is 24.3 Å². The monoisotopic (exact) mass is 444 g/mol. The molecule has 32 heavy (non-hydrogen) atoms. The quantitative estimate of drug-likeness (QED) is 0.334. The molecule has 1 aliphatic heterocycles. The van der Waals surface area contributed by atoms with E-state index in [1.165, 1.54) is 0 Å². The maximum atomic E-state index is 4.15. The van der Waals surface area contributed by atoms with E-state index >= 15 is 0 Å². The Bertz CT molecular complexity index is 705. The van der Waals surface area contributed by atoms with Gasteiger partial charge in [-0.2, -0.15) is 0 Å². The van der Waals surface area contributed by atoms with Crippen LogP contribution >= 0.6 is 0 Å². The van der Waals surface area contributed by atoms with Gasteiger partial charge in [-0.15, -0.1) is 0 Å². The number of hydrogen-bond acceptors (Lipinski definition) is 0. The van der Waals surface area contributed by atoms with Crippen molar-refractivity contribution in [1.82, 2.24) is 0 Å². The molecular weight excluding hydrogens is 408 g/mol. The fourth-order valence-corrected chi connectivity index (χ4v) is 3.37. The average Bonchev–Trinajstić information content (AvgIpc) is 2.82. The summed E-state index contributed by atoms with van der Waals surface area (Å²) in [7, 11) is 24.8. The lowest BCUT2D eigenvalue weighted by Crippen LogP contribution is -2.23. The molecule has 6 heteroatoms. The van der Waals surface area contributed by atoms with Gasteiger partial charge in [0.25, 0.3) is 0 Å². The minimum Gasteiger partial charge on any atom is -0.700 e. The van der Waals surface area contributed by atoms with Gasteiger partial charge in [-0.05, 0) is 28.4 Å². The standard InChI is InChI=1S/C26H36O6/c1-27-15-19-29(3)23-11-7-9-13-25(23)31(5)21-17-28(2)18-22-32(6)26-14-10-8-12-24(26)30(4)20-16-27/h7-14H,1-6,15-22H2. The second-order valence-corrected chi connectivity index (χ2v) is 7.72. The first kappa shape index (κ1) is 24.2. The fraction of sp³-hybridized carbons (Fsp3) is 0.308. The molecule has 0 atom stereocenters. The number of benzene rings is 2. The van der Waals surface area contributed by atoms with Crippen LogP contribution in [0.3, 0.4) is 0 Å². The lowest BCUT2D eigenvalue weighted by Gasteiger charge is -2.37. The van der Waals surface area contributed by atoms with E-state index in [1.54, 1.807) is 0 Å². The molecule has 0 unspecified atom stereocenters. The van der Waals surface area contributed by atoms with Crippen molar-refractivity contribution in [3.05, 3.63) is 91.2 Å². The highest BCUT2D eigenvalue weighted by atomic mass is 16.8. The number of hydrogen-bond donors (Lipinski definition) is 0. The minimum atomic E-state index is 0.608. The van der Waals surface area contributed by atoms with E-state index in [2.05, 4.69) is 68.9 Å². The van der Waals surface area contributed by atoms with Gasteiger partial charge in [0.2, 0.25) is 26.4 Å². The van der Waals surface area contributed by atoms with E-state index in [4.69, 9.17) is 0 Å². The van der Waals surface area contributed by atoms with Crippen LogP contribution in [0.2, 0.25) is 0 Å². The van der Waals surface area contributed by atoms with Crippen molar-refractivity contribution in [2.75, 3.05) is 52.9 Å². The van der Waals surface area contributed by atoms with Crippen molar-refractivity contribution in [2.45, 2.75) is 0 Å². The fourth-order valence-electron chi connectivity index (χ4n) is 3.37. The van der Waals surface area contributed by atoms with Crippen molar-refractivity contribution >= 4 is 0 Å². The minimum absolute atomic E-state index is 0.608. The second-order valence-electron chi connectivity index (χ2n) is 7.72. The summed E-state index contributed by atoms with van der Waals surface area (Å²) in [6, 6.07) is 16.0. The predicted octanol–water partition coefficient (Wildman–Crippen LogP) is 6.32. The van der Waals surface area contributed by atoms with Crippen LogP contribution < -0.4 is 0 Å². The third kappa shape index (κ3) is 6.30. The normalized spacial score (nSPS) is 18.7. The van der Waals surface area contributed by atoms with Crippen LogP contribution in [0.5, 0.6) is 23.0 Å². The third-order valence-electron chi connectivity index (χ3n) is 5.42. The summed E-state index contributed by atoms with van der Waals surface area (Å²) < 4.78 is 17.3. The van der Waals surface area contributed by atoms with E-state index in [-0.39, 0.29) is 0 Å². The molecule has 2 aromatic rings. The topological polar surface area (TPSA) is 16.2 Å². The van der Waals surface area contributed by atoms with Crippen LogP contribution in [0.1, 0.15) is 0 Å². The van der Waals surface area contributed by atoms with Crippen molar-refractivity contribution in [1.29, 1.82) is 0 Å². The summed E-state index contributed by atoms with van der Waals surface area (Å²) in [4.78, 5) is 0. The molecule has 0 fully saturated rings. The highest BCUT2D eigenvalue weighted by Gasteiger charge is 2.21. The van der Waals surface area contributed by atoms with Crippen LogP contribution in [-0.2, 0) is 26.2 Å². The third-order valence-corrected chi connectivity index (χ3v) is 5.42. The lowest BCUT2D eigenvalue weighted by molar-refractivity contribution is -0.153. The highest BCUT2D eigenvalue weighted by Crippen LogP contribution is 2.41. The summed E-state index contributed by atoms with van der Waals surface area (Å²) in [6.07, 6.45) is 0. The van der Waals surface area contributed by atoms with Gasteiger partial charge in [0.1, 0.15) is 0 Å². The van der Waals surface area contributed by atoms with Crippen molar-refractivity contribution in [3.8, 4) is 23.0 Å². The van der Waals surface area contributed by atoms with E-state index in [0.29, 0.717) is 52.9 Å². The van der Waals surface area contributed by atoms with Gasteiger partial charge in [-0.25, -0.2) is 0 Å². The largest absolute Gasteiger partial charge is 0.700 e. The zero-order chi connectivity index (χ0) is 23.1. The summed E-state index contributed by atoms with van der Waals surface area (Å²) in [5.74, 6) is 3.63. The number of rotatable bonds is 0. The van der Waals surface area contributed by atoms with Crippen LogP contribution in [-0.4, -0.2) is 52.9 Å². The average molecular weight is 445 g/mol. The van der Waals surface area contributed by atoms with Crippen LogP contribution in [0.25, 0.3) is 0 Å². The molecule has 176 valence electrons. The van der Waals surface area contributed by atoms with Gasteiger partial charge >= 0.3 is 23.0 Å². The SMILES string of the molecule is [CH2-][O+]1CC[O+]([CH2-])c2ccccc2[O+]([CH2-])CC[O+]([CH2-])CC[O+]([CH2-])c2ccccc2[O+]([CH2-])CC1. The van der Waals surface area contributed by atoms with Crippen molar-refractivity contribution in [3.63, 3.8) is 0 Å². The van der Waals surface area contributed by atoms with Crippen LogP contribution in [0, 0.1) is 42.7 Å². The first-order chi connectivity index (χ1) is 15.4. The van der Waals surface area contributed by atoms with Crippen molar-refractivity contribution in [2.24, 2.45) is 0 Å². The van der Waals surface area contributed by atoms with Gasteiger partial charge in [0.15, 0.2) is 26.4 Å². The molecule has 2 aromatic carbocycles. The van der Waals surface area contributed by atoms with E-state index in [9.17, 15) is 0 Å². The molecule has 0 amide bonds. The zero-order valence-electron chi connectivity index (χ0n) is 19.0. The molecule has 1 aliphatic rings. The first-order valence-corrected chi connectivity index (χ1v) is 10.5. The first-order valence-electron chi connectivity index (χ1n) is 10.5. The Labute approximate surface area is 193 Å². The Morgan fingerprint density at radius 2 is 0.594 bits per heavy atom. The zero-order valence-corrected chi connectivity index (χ0v) is 19.0. The molecule has 0 aliphatic carbocycles. The van der Waals surface area contributed by atoms with Gasteiger partial charge in [0.05, 0.1) is 0 Å². The Balaban J connectivity index is 1.80. The second kappa shape index (κ2) is 11.4. The van der Waals surface area contributed by atoms with Gasteiger partial charge < -0.3 is 26.2 Å². The maximum Gasteiger partial charge on any atom is 0.321 e. The summed E-state index contributed by atoms with van der Waals surface area (Å²) in [6.45, 7) is 4.98. The molecule has 1 heterocycles. The summed E-state index contributed by atoms with van der Waals surface area (Å²) in [5.41, 5.74) is 0. The molecule has 0 saturated carbocycles. The predicted molar refractivity (Wildman–Crippen MR) is 128 cm³/mol. The molecule has 0 spiro atoms. The molecule has 0 bridgehead atoms. The van der Waals surface area contributed by atoms with Crippen LogP contribution in [0.4, 0.5) is 0 Å². The highest BCUT2D eigenvalue weighted by molar-refractivity contribution is 5.42. The molecule has 0 saturated heterocycles. The van der Waals surface area contributed by atoms with Crippen molar-refractivity contribution < 1.29 is 26.2 Å². The van der Waals surface area contributed by atoms with E-state index < -0.39 is 0 Å². The van der Waals surface area contributed by atoms with E-state index in [0.717, 1.165) is 23.0 Å². The number of fused-ring (bicyclic) bond motifs is 2. The molecular formula is C26H36O6. The maximum absolute atomic E-state index is 4.15.